The monoisotopic (exact) mass is 199 g/mol. The molecule has 1 aromatic carbocycles. The van der Waals surface area contributed by atoms with Gasteiger partial charge in [-0.3, -0.25) is 4.79 Å². The first-order chi connectivity index (χ1) is 7.09. The van der Waals surface area contributed by atoms with Crippen LogP contribution in [0.4, 0.5) is 0 Å². The van der Waals surface area contributed by atoms with E-state index in [4.69, 9.17) is 12.4 Å². The molecule has 3 nitrogen and oxygen atoms in total. The lowest BCUT2D eigenvalue weighted by atomic mass is 9.94. The molecule has 0 saturated heterocycles. The van der Waals surface area contributed by atoms with Crippen LogP contribution in [0.5, 0.6) is 0 Å². The molecule has 0 fully saturated rings. The van der Waals surface area contributed by atoms with Crippen LogP contribution in [0.2, 0.25) is 0 Å². The number of rotatable bonds is 1. The molecule has 0 bridgehead atoms. The second-order valence-corrected chi connectivity index (χ2v) is 3.45. The van der Waals surface area contributed by atoms with Crippen molar-refractivity contribution in [3.63, 3.8) is 0 Å². The molecular formula is C11H10BNO2. The zero-order chi connectivity index (χ0) is 11.0. The molecule has 0 unspecified atom stereocenters. The molecular weight excluding hydrogens is 189 g/mol. The smallest absolute Gasteiger partial charge is 0.290 e. The van der Waals surface area contributed by atoms with Gasteiger partial charge in [0.05, 0.1) is 5.56 Å². The Balaban J connectivity index is 2.64. The second-order valence-electron chi connectivity index (χ2n) is 3.45. The number of aromatic nitrogens is 1. The number of hydrogen-bond donors (Lipinski definition) is 0. The van der Waals surface area contributed by atoms with Crippen LogP contribution in [0.3, 0.4) is 0 Å². The molecule has 0 aliphatic rings. The maximum Gasteiger partial charge on any atom is 0.290 e. The third-order valence-corrected chi connectivity index (χ3v) is 2.33. The van der Waals surface area contributed by atoms with Crippen molar-refractivity contribution in [1.82, 2.24) is 4.74 Å². The van der Waals surface area contributed by atoms with E-state index in [1.54, 1.807) is 26.1 Å². The zero-order valence-electron chi connectivity index (χ0n) is 8.65. The highest BCUT2D eigenvalue weighted by atomic mass is 16.5. The van der Waals surface area contributed by atoms with Crippen molar-refractivity contribution in [3.8, 4) is 11.1 Å². The Morgan fingerprint density at radius 3 is 2.33 bits per heavy atom. The van der Waals surface area contributed by atoms with Gasteiger partial charge in [-0.1, -0.05) is 29.7 Å². The summed E-state index contributed by atoms with van der Waals surface area (Å²) in [6.07, 6.45) is 0. The number of hydrogen-bond acceptors (Lipinski definition) is 2. The molecule has 0 aliphatic heterocycles. The quantitative estimate of drug-likeness (QED) is 0.635. The first-order valence-corrected chi connectivity index (χ1v) is 4.62. The van der Waals surface area contributed by atoms with Crippen LogP contribution in [-0.2, 0) is 7.05 Å². The van der Waals surface area contributed by atoms with Gasteiger partial charge in [-0.05, 0) is 12.5 Å². The molecule has 2 aromatic rings. The van der Waals surface area contributed by atoms with Crippen molar-refractivity contribution in [2.75, 3.05) is 0 Å². The summed E-state index contributed by atoms with van der Waals surface area (Å²) in [7, 11) is 7.17. The first kappa shape index (κ1) is 9.83. The number of nitrogens with zero attached hydrogens (tertiary/aromatic N) is 1. The molecule has 15 heavy (non-hydrogen) atoms. The third kappa shape index (κ3) is 1.63. The van der Waals surface area contributed by atoms with Crippen LogP contribution in [-0.4, -0.2) is 12.6 Å². The second kappa shape index (κ2) is 3.46. The van der Waals surface area contributed by atoms with Crippen molar-refractivity contribution in [2.24, 2.45) is 7.05 Å². The summed E-state index contributed by atoms with van der Waals surface area (Å²) in [5.74, 6) is 0.618. The van der Waals surface area contributed by atoms with Gasteiger partial charge in [0, 0.05) is 7.05 Å². The fourth-order valence-corrected chi connectivity index (χ4v) is 1.58. The Bertz CT molecular complexity index is 537. The summed E-state index contributed by atoms with van der Waals surface area (Å²) in [6.45, 7) is 1.77. The fourth-order valence-electron chi connectivity index (χ4n) is 1.58. The standard InChI is InChI=1S/C11H10BNO2/c1-7-10(11(14)13(2)15-7)8-3-5-9(12)6-4-8/h3-6H,1-2H3. The van der Waals surface area contributed by atoms with Gasteiger partial charge in [0.2, 0.25) is 0 Å². The highest BCUT2D eigenvalue weighted by molar-refractivity contribution is 6.32. The van der Waals surface area contributed by atoms with Gasteiger partial charge >= 0.3 is 0 Å². The normalized spacial score (nSPS) is 10.5. The lowest BCUT2D eigenvalue weighted by molar-refractivity contribution is 0.283. The average molecular weight is 199 g/mol. The Morgan fingerprint density at radius 1 is 1.27 bits per heavy atom. The van der Waals surface area contributed by atoms with Crippen LogP contribution < -0.4 is 11.0 Å². The van der Waals surface area contributed by atoms with E-state index < -0.39 is 0 Å². The van der Waals surface area contributed by atoms with E-state index in [1.165, 1.54) is 4.74 Å². The Hall–Kier alpha value is -1.71. The Kier molecular flexibility index (Phi) is 2.27. The van der Waals surface area contributed by atoms with Crippen molar-refractivity contribution >= 4 is 13.3 Å². The maximum atomic E-state index is 11.7. The van der Waals surface area contributed by atoms with Gasteiger partial charge in [0.25, 0.3) is 5.56 Å². The summed E-state index contributed by atoms with van der Waals surface area (Å²) in [5, 5.41) is 0. The van der Waals surface area contributed by atoms with Gasteiger partial charge < -0.3 is 4.52 Å². The Morgan fingerprint density at radius 2 is 1.87 bits per heavy atom. The molecule has 1 heterocycles. The molecule has 0 saturated carbocycles. The van der Waals surface area contributed by atoms with E-state index in [2.05, 4.69) is 0 Å². The molecule has 1 aromatic heterocycles. The molecule has 74 valence electrons. The van der Waals surface area contributed by atoms with Crippen LogP contribution >= 0.6 is 0 Å². The molecule has 0 amide bonds. The van der Waals surface area contributed by atoms with E-state index in [0.717, 1.165) is 5.56 Å². The molecule has 0 atom stereocenters. The van der Waals surface area contributed by atoms with E-state index in [9.17, 15) is 4.79 Å². The average Bonchev–Trinajstić information content (AvgIpc) is 2.44. The minimum Gasteiger partial charge on any atom is -0.381 e. The van der Waals surface area contributed by atoms with E-state index in [1.807, 2.05) is 12.1 Å². The third-order valence-electron chi connectivity index (χ3n) is 2.33. The van der Waals surface area contributed by atoms with Crippen molar-refractivity contribution in [3.05, 3.63) is 40.4 Å². The SMILES string of the molecule is [B]c1ccc(-c2c(C)on(C)c2=O)cc1. The predicted octanol–water partition coefficient (Wildman–Crippen LogP) is 0.748. The minimum absolute atomic E-state index is 0.128. The minimum atomic E-state index is -0.128. The van der Waals surface area contributed by atoms with E-state index in [0.29, 0.717) is 16.8 Å². The predicted molar refractivity (Wildman–Crippen MR) is 59.5 cm³/mol. The van der Waals surface area contributed by atoms with E-state index in [-0.39, 0.29) is 5.56 Å². The molecule has 2 rings (SSSR count). The van der Waals surface area contributed by atoms with Gasteiger partial charge in [-0.15, -0.1) is 0 Å². The maximum absolute atomic E-state index is 11.7. The summed E-state index contributed by atoms with van der Waals surface area (Å²) in [4.78, 5) is 11.7. The van der Waals surface area contributed by atoms with Crippen LogP contribution in [0.1, 0.15) is 5.76 Å². The molecule has 0 N–H and O–H groups in total. The summed E-state index contributed by atoms with van der Waals surface area (Å²) in [5.41, 5.74) is 1.97. The lowest BCUT2D eigenvalue weighted by Gasteiger charge is -1.97. The molecule has 4 heteroatoms. The highest BCUT2D eigenvalue weighted by Crippen LogP contribution is 2.18. The van der Waals surface area contributed by atoms with Gasteiger partial charge in [-0.2, -0.15) is 4.74 Å². The zero-order valence-corrected chi connectivity index (χ0v) is 8.65. The topological polar surface area (TPSA) is 35.1 Å². The summed E-state index contributed by atoms with van der Waals surface area (Å²) < 4.78 is 6.43. The summed E-state index contributed by atoms with van der Waals surface area (Å²) >= 11 is 0. The van der Waals surface area contributed by atoms with Gasteiger partial charge in [0.1, 0.15) is 13.6 Å². The number of aryl methyl sites for hydroxylation is 2. The van der Waals surface area contributed by atoms with Crippen LogP contribution in [0.15, 0.2) is 33.6 Å². The Labute approximate surface area is 88.7 Å². The van der Waals surface area contributed by atoms with Crippen LogP contribution in [0, 0.1) is 6.92 Å². The van der Waals surface area contributed by atoms with Crippen LogP contribution in [0.25, 0.3) is 11.1 Å². The van der Waals surface area contributed by atoms with E-state index >= 15 is 0 Å². The van der Waals surface area contributed by atoms with Gasteiger partial charge in [0.15, 0.2) is 0 Å². The highest BCUT2D eigenvalue weighted by Gasteiger charge is 2.12. The van der Waals surface area contributed by atoms with Crippen molar-refractivity contribution < 1.29 is 4.52 Å². The lowest BCUT2D eigenvalue weighted by Crippen LogP contribution is -2.11. The van der Waals surface area contributed by atoms with Gasteiger partial charge in [-0.25, -0.2) is 0 Å². The van der Waals surface area contributed by atoms with Crippen molar-refractivity contribution in [1.29, 1.82) is 0 Å². The molecule has 0 aliphatic carbocycles. The summed E-state index contributed by atoms with van der Waals surface area (Å²) in [6, 6.07) is 7.16. The fraction of sp³-hybridized carbons (Fsp3) is 0.182. The molecule has 0 spiro atoms. The molecule has 2 radical (unpaired) electrons. The largest absolute Gasteiger partial charge is 0.381 e. The first-order valence-electron chi connectivity index (χ1n) is 4.62. The van der Waals surface area contributed by atoms with Crippen molar-refractivity contribution in [2.45, 2.75) is 6.92 Å². The number of benzene rings is 1.